The molecule has 0 aromatic heterocycles. The normalized spacial score (nSPS) is 16.0. The molecule has 8 nitrogen and oxygen atoms in total. The van der Waals surface area contributed by atoms with Crippen LogP contribution in [0.3, 0.4) is 0 Å². The van der Waals surface area contributed by atoms with E-state index in [-0.39, 0.29) is 30.6 Å². The van der Waals surface area contributed by atoms with Gasteiger partial charge in [-0.3, -0.25) is 9.59 Å². The van der Waals surface area contributed by atoms with E-state index in [0.717, 1.165) is 0 Å². The van der Waals surface area contributed by atoms with Gasteiger partial charge >= 0.3 is 0 Å². The first-order valence-electron chi connectivity index (χ1n) is 7.81. The highest BCUT2D eigenvalue weighted by Gasteiger charge is 2.21. The zero-order chi connectivity index (χ0) is 17.5. The molecule has 1 saturated heterocycles. The molecule has 0 bridgehead atoms. The number of benzene rings is 1. The van der Waals surface area contributed by atoms with Crippen molar-refractivity contribution in [3.8, 4) is 0 Å². The van der Waals surface area contributed by atoms with Crippen molar-refractivity contribution in [3.63, 3.8) is 0 Å². The van der Waals surface area contributed by atoms with E-state index >= 15 is 0 Å². The van der Waals surface area contributed by atoms with E-state index in [1.54, 1.807) is 29.2 Å². The fourth-order valence-corrected chi connectivity index (χ4v) is 2.50. The molecule has 0 spiro atoms. The molecule has 1 aromatic carbocycles. The Hall–Kier alpha value is -2.61. The molecular formula is C16H21N4O4. The molecule has 24 heavy (non-hydrogen) atoms. The van der Waals surface area contributed by atoms with Gasteiger partial charge in [-0.2, -0.15) is 0 Å². The standard InChI is InChI=1S/C16H21N4O4/c17-15(19-24)11-1-3-12(4-2-11)16(23)18-8-5-14(22)20-9-6-13(21)7-10-20/h1-4,13,24H,5-10H2,(H2,17,19)(H,18,23). The smallest absolute Gasteiger partial charge is 0.251 e. The number of piperidine rings is 1. The number of amides is 2. The van der Waals surface area contributed by atoms with E-state index < -0.39 is 6.10 Å². The van der Waals surface area contributed by atoms with Crippen molar-refractivity contribution in [2.45, 2.75) is 25.4 Å². The zero-order valence-electron chi connectivity index (χ0n) is 13.3. The average molecular weight is 333 g/mol. The second-order valence-corrected chi connectivity index (χ2v) is 5.65. The minimum absolute atomic E-state index is 0.0330. The monoisotopic (exact) mass is 333 g/mol. The molecule has 0 unspecified atom stereocenters. The number of hydrogen-bond donors (Lipinski definition) is 3. The predicted octanol–water partition coefficient (Wildman–Crippen LogP) is 0.323. The van der Waals surface area contributed by atoms with Crippen molar-refractivity contribution in [2.75, 3.05) is 19.6 Å². The summed E-state index contributed by atoms with van der Waals surface area (Å²) in [6, 6.07) is 6.26. The summed E-state index contributed by atoms with van der Waals surface area (Å²) in [5.74, 6) is -0.383. The highest BCUT2D eigenvalue weighted by Crippen LogP contribution is 2.11. The number of amidine groups is 1. The van der Waals surface area contributed by atoms with E-state index in [2.05, 4.69) is 10.5 Å². The Labute approximate surface area is 139 Å². The molecule has 4 N–H and O–H groups in total. The maximum absolute atomic E-state index is 12.0. The van der Waals surface area contributed by atoms with Gasteiger partial charge in [0.1, 0.15) is 0 Å². The molecule has 8 heteroatoms. The first-order chi connectivity index (χ1) is 11.5. The lowest BCUT2D eigenvalue weighted by Crippen LogP contribution is -2.41. The van der Waals surface area contributed by atoms with Crippen molar-refractivity contribution in [1.29, 1.82) is 0 Å². The number of nitrogens with two attached hydrogens (primary N) is 1. The van der Waals surface area contributed by atoms with Crippen LogP contribution in [-0.2, 0) is 9.90 Å². The molecule has 1 aliphatic heterocycles. The minimum Gasteiger partial charge on any atom is -0.409 e. The molecule has 129 valence electrons. The Balaban J connectivity index is 1.77. The molecule has 2 amide bonds. The predicted molar refractivity (Wildman–Crippen MR) is 86.2 cm³/mol. The van der Waals surface area contributed by atoms with Crippen LogP contribution in [0, 0.1) is 0 Å². The lowest BCUT2D eigenvalue weighted by Gasteiger charge is -2.28. The number of carbonyl (C=O) groups is 2. The fourth-order valence-electron chi connectivity index (χ4n) is 2.50. The van der Waals surface area contributed by atoms with Gasteiger partial charge in [0.15, 0.2) is 5.84 Å². The van der Waals surface area contributed by atoms with Crippen molar-refractivity contribution in [1.82, 2.24) is 10.2 Å². The van der Waals surface area contributed by atoms with Gasteiger partial charge in [0.25, 0.3) is 5.91 Å². The van der Waals surface area contributed by atoms with Crippen LogP contribution in [-0.4, -0.2) is 53.5 Å². The van der Waals surface area contributed by atoms with Gasteiger partial charge in [-0.15, -0.1) is 0 Å². The maximum atomic E-state index is 12.0. The number of oxime groups is 1. The molecule has 0 aliphatic carbocycles. The van der Waals surface area contributed by atoms with E-state index in [0.29, 0.717) is 37.1 Å². The van der Waals surface area contributed by atoms with Gasteiger partial charge in [-0.1, -0.05) is 17.3 Å². The molecule has 1 fully saturated rings. The Bertz CT molecular complexity index is 607. The number of rotatable bonds is 5. The van der Waals surface area contributed by atoms with Gasteiger partial charge in [-0.25, -0.2) is 5.11 Å². The SMILES string of the molecule is NC(=NO)c1ccc(C(=O)NCCC(=O)N2CCC([O])CC2)cc1. The van der Waals surface area contributed by atoms with Crippen LogP contribution < -0.4 is 11.1 Å². The Morgan fingerprint density at radius 2 is 1.79 bits per heavy atom. The molecular weight excluding hydrogens is 312 g/mol. The number of carbonyl (C=O) groups excluding carboxylic acids is 2. The average Bonchev–Trinajstić information content (AvgIpc) is 2.61. The van der Waals surface area contributed by atoms with Crippen molar-refractivity contribution in [3.05, 3.63) is 35.4 Å². The van der Waals surface area contributed by atoms with E-state index in [1.807, 2.05) is 0 Å². The Kier molecular flexibility index (Phi) is 6.14. The summed E-state index contributed by atoms with van der Waals surface area (Å²) in [5, 5.41) is 25.4. The van der Waals surface area contributed by atoms with Gasteiger partial charge in [0, 0.05) is 37.2 Å². The molecule has 1 aromatic rings. The summed E-state index contributed by atoms with van der Waals surface area (Å²) in [5.41, 5.74) is 6.38. The lowest BCUT2D eigenvalue weighted by atomic mass is 10.1. The second-order valence-electron chi connectivity index (χ2n) is 5.65. The van der Waals surface area contributed by atoms with Crippen LogP contribution in [0.5, 0.6) is 0 Å². The van der Waals surface area contributed by atoms with Crippen molar-refractivity contribution in [2.24, 2.45) is 10.9 Å². The van der Waals surface area contributed by atoms with Crippen LogP contribution >= 0.6 is 0 Å². The van der Waals surface area contributed by atoms with Gasteiger partial charge < -0.3 is 21.2 Å². The molecule has 1 heterocycles. The van der Waals surface area contributed by atoms with Gasteiger partial charge in [0.2, 0.25) is 5.91 Å². The first kappa shape index (κ1) is 17.7. The molecule has 2 rings (SSSR count). The summed E-state index contributed by atoms with van der Waals surface area (Å²) in [7, 11) is 0. The summed E-state index contributed by atoms with van der Waals surface area (Å²) in [4.78, 5) is 25.7. The first-order valence-corrected chi connectivity index (χ1v) is 7.81. The summed E-state index contributed by atoms with van der Waals surface area (Å²) < 4.78 is 0. The Morgan fingerprint density at radius 3 is 2.38 bits per heavy atom. The van der Waals surface area contributed by atoms with Crippen molar-refractivity contribution >= 4 is 17.6 Å². The quantitative estimate of drug-likeness (QED) is 0.310. The van der Waals surface area contributed by atoms with E-state index in [1.165, 1.54) is 0 Å². The van der Waals surface area contributed by atoms with E-state index in [4.69, 9.17) is 10.9 Å². The molecule has 0 atom stereocenters. The lowest BCUT2D eigenvalue weighted by molar-refractivity contribution is -0.133. The van der Waals surface area contributed by atoms with Crippen LogP contribution in [0.25, 0.3) is 0 Å². The van der Waals surface area contributed by atoms with Crippen LogP contribution in [0.15, 0.2) is 29.4 Å². The second kappa shape index (κ2) is 8.30. The number of nitrogens with zero attached hydrogens (tertiary/aromatic N) is 2. The van der Waals surface area contributed by atoms with E-state index in [9.17, 15) is 14.7 Å². The maximum Gasteiger partial charge on any atom is 0.251 e. The summed E-state index contributed by atoms with van der Waals surface area (Å²) in [6.07, 6.45) is 0.619. The third kappa shape index (κ3) is 4.69. The molecule has 1 radical (unpaired) electrons. The summed E-state index contributed by atoms with van der Waals surface area (Å²) >= 11 is 0. The zero-order valence-corrected chi connectivity index (χ0v) is 13.3. The minimum atomic E-state index is -0.568. The topological polar surface area (TPSA) is 128 Å². The number of hydrogen-bond acceptors (Lipinski definition) is 4. The third-order valence-corrected chi connectivity index (χ3v) is 3.97. The number of likely N-dealkylation sites (tertiary alicyclic amines) is 1. The highest BCUT2D eigenvalue weighted by atomic mass is 16.4. The highest BCUT2D eigenvalue weighted by molar-refractivity contribution is 5.99. The van der Waals surface area contributed by atoms with Gasteiger partial charge in [-0.05, 0) is 25.0 Å². The van der Waals surface area contributed by atoms with Crippen LogP contribution in [0.2, 0.25) is 0 Å². The molecule has 0 saturated carbocycles. The number of nitrogens with one attached hydrogen (secondary N) is 1. The molecule has 1 aliphatic rings. The largest absolute Gasteiger partial charge is 0.409 e. The fraction of sp³-hybridized carbons (Fsp3) is 0.438. The van der Waals surface area contributed by atoms with Gasteiger partial charge in [0.05, 0.1) is 6.10 Å². The Morgan fingerprint density at radius 1 is 1.21 bits per heavy atom. The van der Waals surface area contributed by atoms with Crippen LogP contribution in [0.1, 0.15) is 35.2 Å². The third-order valence-electron chi connectivity index (χ3n) is 3.97. The summed E-state index contributed by atoms with van der Waals surface area (Å²) in [6.45, 7) is 1.23. The van der Waals surface area contributed by atoms with Crippen LogP contribution in [0.4, 0.5) is 0 Å². The van der Waals surface area contributed by atoms with Crippen molar-refractivity contribution < 1.29 is 19.9 Å².